The normalized spacial score (nSPS) is 11.0. The first-order valence-electron chi connectivity index (χ1n) is 8.78. The fourth-order valence-electron chi connectivity index (χ4n) is 2.96. The number of nitrogens with zero attached hydrogens (tertiary/aromatic N) is 2. The van der Waals surface area contributed by atoms with Gasteiger partial charge in [-0.2, -0.15) is 5.10 Å². The molecule has 1 amide bonds. The Labute approximate surface area is 163 Å². The van der Waals surface area contributed by atoms with E-state index in [9.17, 15) is 4.79 Å². The average Bonchev–Trinajstić information content (AvgIpc) is 3.31. The monoisotopic (exact) mass is 381 g/mol. The van der Waals surface area contributed by atoms with Gasteiger partial charge in [-0.25, -0.2) is 5.43 Å². The molecule has 0 bridgehead atoms. The smallest absolute Gasteiger partial charge is 0.271 e. The number of aromatic nitrogens is 1. The minimum Gasteiger partial charge on any atom is -0.493 e. The van der Waals surface area contributed by atoms with E-state index < -0.39 is 0 Å². The second-order valence-corrected chi connectivity index (χ2v) is 6.26. The molecule has 1 N–H and O–H groups in total. The molecule has 28 heavy (non-hydrogen) atoms. The number of rotatable bonds is 7. The fourth-order valence-corrected chi connectivity index (χ4v) is 2.96. The second kappa shape index (κ2) is 8.47. The Hall–Kier alpha value is -3.48. The molecule has 2 aromatic heterocycles. The molecular formula is C21H23N3O4. The molecule has 0 fully saturated rings. The molecule has 1 aromatic carbocycles. The van der Waals surface area contributed by atoms with E-state index in [1.165, 1.54) is 7.11 Å². The van der Waals surface area contributed by atoms with E-state index in [2.05, 4.69) is 15.1 Å². The van der Waals surface area contributed by atoms with E-state index in [-0.39, 0.29) is 5.91 Å². The van der Waals surface area contributed by atoms with Gasteiger partial charge in [-0.15, -0.1) is 0 Å². The summed E-state index contributed by atoms with van der Waals surface area (Å²) in [6, 6.07) is 10.8. The molecule has 7 heteroatoms. The molecule has 0 radical (unpaired) electrons. The SMILES string of the molecule is COc1ccc(C(=O)N/N=C\c2cc(C)n(Cc3ccco3)c2C)cc1OC. The van der Waals surface area contributed by atoms with Crippen molar-refractivity contribution in [2.45, 2.75) is 20.4 Å². The Morgan fingerprint density at radius 3 is 2.64 bits per heavy atom. The highest BCUT2D eigenvalue weighted by Crippen LogP contribution is 2.27. The standard InChI is InChI=1S/C21H23N3O4/c1-14-10-17(15(2)24(14)13-18-6-5-9-28-18)12-22-23-21(25)16-7-8-19(26-3)20(11-16)27-4/h5-12H,13H2,1-4H3,(H,23,25)/b22-12-. The van der Waals surface area contributed by atoms with Gasteiger partial charge in [0, 0.05) is 22.5 Å². The summed E-state index contributed by atoms with van der Waals surface area (Å²) in [5.41, 5.74) is 6.02. The highest BCUT2D eigenvalue weighted by atomic mass is 16.5. The van der Waals surface area contributed by atoms with Gasteiger partial charge in [-0.1, -0.05) is 0 Å². The Morgan fingerprint density at radius 2 is 1.96 bits per heavy atom. The highest BCUT2D eigenvalue weighted by molar-refractivity contribution is 5.95. The molecule has 0 saturated carbocycles. The lowest BCUT2D eigenvalue weighted by Gasteiger charge is -2.08. The van der Waals surface area contributed by atoms with Crippen molar-refractivity contribution in [3.8, 4) is 11.5 Å². The summed E-state index contributed by atoms with van der Waals surface area (Å²) in [7, 11) is 3.07. The molecule has 0 aliphatic carbocycles. The highest BCUT2D eigenvalue weighted by Gasteiger charge is 2.11. The van der Waals surface area contributed by atoms with Gasteiger partial charge < -0.3 is 18.5 Å². The quantitative estimate of drug-likeness (QED) is 0.502. The molecule has 3 rings (SSSR count). The summed E-state index contributed by atoms with van der Waals surface area (Å²) in [5.74, 6) is 1.60. The predicted molar refractivity (Wildman–Crippen MR) is 106 cm³/mol. The van der Waals surface area contributed by atoms with Gasteiger partial charge >= 0.3 is 0 Å². The van der Waals surface area contributed by atoms with Crippen molar-refractivity contribution in [3.05, 3.63) is 70.9 Å². The third kappa shape index (κ3) is 4.09. The number of hydrogen-bond donors (Lipinski definition) is 1. The molecule has 7 nitrogen and oxygen atoms in total. The summed E-state index contributed by atoms with van der Waals surface area (Å²) in [5, 5.41) is 4.09. The van der Waals surface area contributed by atoms with Crippen LogP contribution in [0, 0.1) is 13.8 Å². The molecule has 0 atom stereocenters. The largest absolute Gasteiger partial charge is 0.493 e. The van der Waals surface area contributed by atoms with Crippen LogP contribution in [0.2, 0.25) is 0 Å². The zero-order valence-electron chi connectivity index (χ0n) is 16.4. The molecule has 0 unspecified atom stereocenters. The van der Waals surface area contributed by atoms with Crippen molar-refractivity contribution in [3.63, 3.8) is 0 Å². The van der Waals surface area contributed by atoms with Crippen LogP contribution < -0.4 is 14.9 Å². The van der Waals surface area contributed by atoms with E-state index in [1.54, 1.807) is 37.8 Å². The number of ether oxygens (including phenoxy) is 2. The average molecular weight is 381 g/mol. The Kier molecular flexibility index (Phi) is 5.84. The lowest BCUT2D eigenvalue weighted by Crippen LogP contribution is -2.17. The van der Waals surface area contributed by atoms with Gasteiger partial charge in [0.1, 0.15) is 5.76 Å². The first-order valence-corrected chi connectivity index (χ1v) is 8.78. The summed E-state index contributed by atoms with van der Waals surface area (Å²) in [4.78, 5) is 12.3. The number of carbonyl (C=O) groups excluding carboxylic acids is 1. The zero-order valence-corrected chi connectivity index (χ0v) is 16.4. The lowest BCUT2D eigenvalue weighted by molar-refractivity contribution is 0.0954. The summed E-state index contributed by atoms with van der Waals surface area (Å²) < 4.78 is 18.0. The molecule has 3 aromatic rings. The van der Waals surface area contributed by atoms with Crippen LogP contribution in [0.25, 0.3) is 0 Å². The van der Waals surface area contributed by atoms with Crippen LogP contribution in [0.5, 0.6) is 11.5 Å². The Balaban J connectivity index is 1.70. The van der Waals surface area contributed by atoms with E-state index in [0.717, 1.165) is 22.7 Å². The fraction of sp³-hybridized carbons (Fsp3) is 0.238. The summed E-state index contributed by atoms with van der Waals surface area (Å²) >= 11 is 0. The summed E-state index contributed by atoms with van der Waals surface area (Å²) in [6.45, 7) is 4.68. The van der Waals surface area contributed by atoms with Crippen LogP contribution in [0.4, 0.5) is 0 Å². The van der Waals surface area contributed by atoms with Gasteiger partial charge in [-0.3, -0.25) is 4.79 Å². The van der Waals surface area contributed by atoms with E-state index >= 15 is 0 Å². The number of hydrazone groups is 1. The molecule has 0 spiro atoms. The Bertz CT molecular complexity index is 988. The van der Waals surface area contributed by atoms with Gasteiger partial charge in [0.15, 0.2) is 11.5 Å². The van der Waals surface area contributed by atoms with Crippen molar-refractivity contribution in [2.24, 2.45) is 5.10 Å². The first kappa shape index (κ1) is 19.3. The van der Waals surface area contributed by atoms with Crippen molar-refractivity contribution >= 4 is 12.1 Å². The molecule has 0 aliphatic rings. The van der Waals surface area contributed by atoms with Crippen LogP contribution >= 0.6 is 0 Å². The third-order valence-corrected chi connectivity index (χ3v) is 4.52. The van der Waals surface area contributed by atoms with Gasteiger partial charge in [0.05, 0.1) is 33.2 Å². The van der Waals surface area contributed by atoms with Crippen LogP contribution in [-0.2, 0) is 6.54 Å². The van der Waals surface area contributed by atoms with E-state index in [1.807, 2.05) is 32.0 Å². The number of nitrogens with one attached hydrogen (secondary N) is 1. The molecule has 146 valence electrons. The number of aryl methyl sites for hydroxylation is 1. The third-order valence-electron chi connectivity index (χ3n) is 4.52. The molecular weight excluding hydrogens is 358 g/mol. The number of methoxy groups -OCH3 is 2. The van der Waals surface area contributed by atoms with Crippen LogP contribution in [0.15, 0.2) is 52.2 Å². The van der Waals surface area contributed by atoms with E-state index in [4.69, 9.17) is 13.9 Å². The van der Waals surface area contributed by atoms with Crippen LogP contribution in [-0.4, -0.2) is 30.9 Å². The maximum absolute atomic E-state index is 12.3. The number of carbonyl (C=O) groups is 1. The van der Waals surface area contributed by atoms with Crippen molar-refractivity contribution in [2.75, 3.05) is 14.2 Å². The number of hydrogen-bond acceptors (Lipinski definition) is 5. The molecule has 0 saturated heterocycles. The minimum atomic E-state index is -0.332. The zero-order chi connectivity index (χ0) is 20.1. The predicted octanol–water partition coefficient (Wildman–Crippen LogP) is 3.53. The minimum absolute atomic E-state index is 0.332. The Morgan fingerprint density at radius 1 is 1.18 bits per heavy atom. The maximum atomic E-state index is 12.3. The van der Waals surface area contributed by atoms with Gasteiger partial charge in [-0.05, 0) is 50.2 Å². The van der Waals surface area contributed by atoms with E-state index in [0.29, 0.717) is 23.6 Å². The number of benzene rings is 1. The van der Waals surface area contributed by atoms with Crippen LogP contribution in [0.3, 0.4) is 0 Å². The summed E-state index contributed by atoms with van der Waals surface area (Å²) in [6.07, 6.45) is 3.30. The van der Waals surface area contributed by atoms with Gasteiger partial charge in [0.2, 0.25) is 0 Å². The van der Waals surface area contributed by atoms with Crippen LogP contribution in [0.1, 0.15) is 33.1 Å². The second-order valence-electron chi connectivity index (χ2n) is 6.26. The van der Waals surface area contributed by atoms with Crippen molar-refractivity contribution < 1.29 is 18.7 Å². The number of amides is 1. The lowest BCUT2D eigenvalue weighted by atomic mass is 10.2. The maximum Gasteiger partial charge on any atom is 0.271 e. The van der Waals surface area contributed by atoms with Crippen molar-refractivity contribution in [1.29, 1.82) is 0 Å². The van der Waals surface area contributed by atoms with Crippen molar-refractivity contribution in [1.82, 2.24) is 9.99 Å². The first-order chi connectivity index (χ1) is 13.5. The van der Waals surface area contributed by atoms with Gasteiger partial charge in [0.25, 0.3) is 5.91 Å². The molecule has 0 aliphatic heterocycles. The molecule has 2 heterocycles. The number of furan rings is 1. The topological polar surface area (TPSA) is 78.0 Å².